The van der Waals surface area contributed by atoms with Crippen LogP contribution in [-0.4, -0.2) is 0 Å². The van der Waals surface area contributed by atoms with Crippen LogP contribution in [0.4, 0.5) is 0 Å². The normalized spacial score (nSPS) is 12.7. The van der Waals surface area contributed by atoms with Gasteiger partial charge in [-0.25, -0.2) is 0 Å². The van der Waals surface area contributed by atoms with Gasteiger partial charge >= 0.3 is 49.6 Å². The first-order chi connectivity index (χ1) is 2.00. The van der Waals surface area contributed by atoms with Crippen LogP contribution in [-0.2, 0) is 12.8 Å². The van der Waals surface area contributed by atoms with Crippen LogP contribution in [0.1, 0.15) is 0 Å². The zero-order chi connectivity index (χ0) is 4.50. The van der Waals surface area contributed by atoms with Crippen LogP contribution in [0.5, 0.6) is 0 Å². The monoisotopic (exact) mass is 354 g/mol. The third-order valence-electron chi connectivity index (χ3n) is 0. The van der Waals surface area contributed by atoms with Gasteiger partial charge in [0.15, 0.2) is 0 Å². The Hall–Kier alpha value is 1.86. The molecule has 0 amide bonds. The summed E-state index contributed by atoms with van der Waals surface area (Å²) in [6, 6.07) is 0. The van der Waals surface area contributed by atoms with E-state index in [4.69, 9.17) is 36.8 Å². The number of halogens is 4. The van der Waals surface area contributed by atoms with Gasteiger partial charge < -0.3 is 6.15 Å². The molecule has 0 aromatic carbocycles. The van der Waals surface area contributed by atoms with Crippen LogP contribution < -0.4 is 6.15 Å². The van der Waals surface area contributed by atoms with Crippen molar-refractivity contribution < 1.29 is 12.8 Å². The van der Waals surface area contributed by atoms with Gasteiger partial charge in [0.2, 0.25) is 0 Å². The van der Waals surface area contributed by atoms with Crippen molar-refractivity contribution in [3.05, 3.63) is 0 Å². The Labute approximate surface area is 55.3 Å². The molecule has 0 aliphatic carbocycles. The van der Waals surface area contributed by atoms with Gasteiger partial charge in [-0.15, -0.1) is 0 Å². The second kappa shape index (κ2) is 3.81. The molecular formula is H3AuCl4N. The molecule has 0 atom stereocenters. The molecule has 0 saturated heterocycles. The first kappa shape index (κ1) is 10.8. The van der Waals surface area contributed by atoms with E-state index in [1.807, 2.05) is 0 Å². The summed E-state index contributed by atoms with van der Waals surface area (Å²) in [5.41, 5.74) is 0. The zero-order valence-electron chi connectivity index (χ0n) is 2.52. The Bertz CT molecular complexity index is 23.0. The summed E-state index contributed by atoms with van der Waals surface area (Å²) in [6.45, 7) is 0. The summed E-state index contributed by atoms with van der Waals surface area (Å²) in [7, 11) is 20.0. The van der Waals surface area contributed by atoms with E-state index in [-0.39, 0.29) is 6.15 Å². The molecule has 0 unspecified atom stereocenters. The van der Waals surface area contributed by atoms with E-state index < -0.39 is 12.8 Å². The molecule has 0 radical (unpaired) electrons. The Morgan fingerprint density at radius 1 is 0.833 bits per heavy atom. The molecule has 0 spiro atoms. The maximum absolute atomic E-state index is 5.00. The predicted molar refractivity (Wildman–Crippen MR) is 28.4 cm³/mol. The van der Waals surface area contributed by atoms with Gasteiger partial charge in [-0.05, 0) is 0 Å². The molecule has 0 heterocycles. The fraction of sp³-hybridized carbons (Fsp3) is 0. The molecule has 0 fully saturated rings. The Balaban J connectivity index is 0. The molecule has 0 aliphatic heterocycles. The Kier molecular flexibility index (Phi) is 6.85. The fourth-order valence-electron chi connectivity index (χ4n) is 0. The molecule has 0 rings (SSSR count). The van der Waals surface area contributed by atoms with Gasteiger partial charge in [-0.1, -0.05) is 0 Å². The minimum absolute atomic E-state index is 0. The average Bonchev–Trinajstić information content (AvgIpc) is 0.722. The molecular weight excluding hydrogens is 353 g/mol. The summed E-state index contributed by atoms with van der Waals surface area (Å²) in [4.78, 5) is 0. The summed E-state index contributed by atoms with van der Waals surface area (Å²) in [5.74, 6) is 0. The summed E-state index contributed by atoms with van der Waals surface area (Å²) in [5, 5.41) is 0. The molecule has 0 bridgehead atoms. The van der Waals surface area contributed by atoms with E-state index in [9.17, 15) is 0 Å². The van der Waals surface area contributed by atoms with Crippen LogP contribution in [0, 0.1) is 0 Å². The maximum atomic E-state index is 5.00. The number of rotatable bonds is 0. The molecule has 0 aromatic rings. The molecule has 0 aliphatic rings. The average molecular weight is 356 g/mol. The van der Waals surface area contributed by atoms with E-state index in [1.165, 1.54) is 0 Å². The Morgan fingerprint density at radius 2 is 0.833 bits per heavy atom. The Morgan fingerprint density at radius 3 is 0.833 bits per heavy atom. The molecule has 6 heteroatoms. The second-order valence-electron chi connectivity index (χ2n) is 0.258. The standard InChI is InChI=1S/Au.4ClH.H3N/h;4*1H;1H3/q+4;;;;;/p-4. The van der Waals surface area contributed by atoms with Crippen LogP contribution in [0.3, 0.4) is 0 Å². The van der Waals surface area contributed by atoms with Gasteiger partial charge in [0.25, 0.3) is 0 Å². The van der Waals surface area contributed by atoms with E-state index in [2.05, 4.69) is 0 Å². The van der Waals surface area contributed by atoms with Crippen molar-refractivity contribution in [3.63, 3.8) is 0 Å². The van der Waals surface area contributed by atoms with Gasteiger partial charge in [0.05, 0.1) is 0 Å². The van der Waals surface area contributed by atoms with Crippen molar-refractivity contribution in [2.45, 2.75) is 0 Å². The van der Waals surface area contributed by atoms with Crippen LogP contribution >= 0.6 is 36.8 Å². The van der Waals surface area contributed by atoms with Crippen LogP contribution in [0.15, 0.2) is 0 Å². The van der Waals surface area contributed by atoms with Gasteiger partial charge in [0.1, 0.15) is 0 Å². The zero-order valence-corrected chi connectivity index (χ0v) is 7.71. The van der Waals surface area contributed by atoms with Crippen molar-refractivity contribution in [2.75, 3.05) is 0 Å². The van der Waals surface area contributed by atoms with Crippen molar-refractivity contribution in [2.24, 2.45) is 0 Å². The molecule has 0 saturated carbocycles. The molecule has 0 aromatic heterocycles. The molecule has 6 heavy (non-hydrogen) atoms. The third kappa shape index (κ3) is 40.0. The SMILES string of the molecule is N.[Cl][Au]([Cl])([Cl])[Cl]. The van der Waals surface area contributed by atoms with E-state index in [0.717, 1.165) is 0 Å². The molecule has 47 valence electrons. The number of hydrogen-bond acceptors (Lipinski definition) is 1. The fourth-order valence-corrected chi connectivity index (χ4v) is 0. The third-order valence-corrected chi connectivity index (χ3v) is 0. The molecule has 1 nitrogen and oxygen atoms in total. The van der Waals surface area contributed by atoms with Crippen molar-refractivity contribution in [3.8, 4) is 0 Å². The topological polar surface area (TPSA) is 35.0 Å². The first-order valence-electron chi connectivity index (χ1n) is 0.456. The molecule has 3 N–H and O–H groups in total. The van der Waals surface area contributed by atoms with Crippen molar-refractivity contribution in [1.82, 2.24) is 6.15 Å². The predicted octanol–water partition coefficient (Wildman–Crippen LogP) is 2.92. The number of hydrogen-bond donors (Lipinski definition) is 1. The van der Waals surface area contributed by atoms with E-state index >= 15 is 0 Å². The van der Waals surface area contributed by atoms with Crippen molar-refractivity contribution >= 4 is 36.8 Å². The first-order valence-corrected chi connectivity index (χ1v) is 11.2. The van der Waals surface area contributed by atoms with Crippen LogP contribution in [0.2, 0.25) is 0 Å². The summed E-state index contributed by atoms with van der Waals surface area (Å²) in [6.07, 6.45) is 0. The summed E-state index contributed by atoms with van der Waals surface area (Å²) < 4.78 is 0. The van der Waals surface area contributed by atoms with E-state index in [1.54, 1.807) is 0 Å². The van der Waals surface area contributed by atoms with Gasteiger partial charge in [0, 0.05) is 0 Å². The van der Waals surface area contributed by atoms with E-state index in [0.29, 0.717) is 0 Å². The van der Waals surface area contributed by atoms with Crippen LogP contribution in [0.25, 0.3) is 0 Å². The summed E-state index contributed by atoms with van der Waals surface area (Å²) >= 11 is -3.00. The van der Waals surface area contributed by atoms with Gasteiger partial charge in [-0.2, -0.15) is 0 Å². The quantitative estimate of drug-likeness (QED) is 0.666. The van der Waals surface area contributed by atoms with Crippen molar-refractivity contribution in [1.29, 1.82) is 0 Å². The minimum atomic E-state index is -3.00. The second-order valence-corrected chi connectivity index (χ2v) is 19.0. The van der Waals surface area contributed by atoms with Gasteiger partial charge in [-0.3, -0.25) is 0 Å².